The van der Waals surface area contributed by atoms with Crippen molar-refractivity contribution in [1.82, 2.24) is 4.90 Å². The van der Waals surface area contributed by atoms with Crippen molar-refractivity contribution in [2.75, 3.05) is 40.0 Å². The number of benzene rings is 2. The van der Waals surface area contributed by atoms with Crippen LogP contribution in [0.3, 0.4) is 0 Å². The number of nitrogens with zero attached hydrogens (tertiary/aromatic N) is 2. The van der Waals surface area contributed by atoms with Gasteiger partial charge in [0.1, 0.15) is 17.4 Å². The van der Waals surface area contributed by atoms with Crippen molar-refractivity contribution in [2.24, 2.45) is 5.41 Å². The lowest BCUT2D eigenvalue weighted by Gasteiger charge is -2.33. The molecule has 2 aromatic rings. The van der Waals surface area contributed by atoms with Crippen LogP contribution in [0.25, 0.3) is 6.08 Å². The quantitative estimate of drug-likeness (QED) is 0.190. The van der Waals surface area contributed by atoms with Gasteiger partial charge in [0.2, 0.25) is 0 Å². The molecule has 2 aromatic carbocycles. The average molecular weight is 535 g/mol. The number of rotatable bonds is 9. The van der Waals surface area contributed by atoms with E-state index in [4.69, 9.17) is 18.9 Å². The number of carbonyl (C=O) groups excluding carboxylic acids is 2. The van der Waals surface area contributed by atoms with Gasteiger partial charge in [-0.1, -0.05) is 52.8 Å². The summed E-state index contributed by atoms with van der Waals surface area (Å²) in [5.41, 5.74) is 1.99. The SMILES string of the molecule is COc1cc(/C=C(\C#N)C(=O)N2CCOCC2)ccc1OC(=O)COc1ccc(C(C)(C)CC(C)(C)C)cc1. The molecule has 1 aliphatic heterocycles. The third kappa shape index (κ3) is 8.59. The molecule has 1 fully saturated rings. The fourth-order valence-electron chi connectivity index (χ4n) is 4.83. The Hall–Kier alpha value is -3.83. The van der Waals surface area contributed by atoms with E-state index >= 15 is 0 Å². The molecule has 3 rings (SSSR count). The van der Waals surface area contributed by atoms with Gasteiger partial charge in [0.05, 0.1) is 20.3 Å². The molecular weight excluding hydrogens is 496 g/mol. The topological polar surface area (TPSA) is 98.1 Å². The van der Waals surface area contributed by atoms with Crippen LogP contribution in [0.5, 0.6) is 17.2 Å². The minimum Gasteiger partial charge on any atom is -0.493 e. The van der Waals surface area contributed by atoms with Gasteiger partial charge in [0.15, 0.2) is 18.1 Å². The lowest BCUT2D eigenvalue weighted by atomic mass is 9.72. The van der Waals surface area contributed by atoms with Crippen molar-refractivity contribution in [3.63, 3.8) is 0 Å². The zero-order valence-electron chi connectivity index (χ0n) is 23.7. The molecule has 0 unspecified atom stereocenters. The standard InChI is InChI=1S/C31H38N2O6/c1-30(2,3)21-31(4,5)24-8-10-25(11-9-24)38-20-28(34)39-26-12-7-22(18-27(26)36-6)17-23(19-32)29(35)33-13-15-37-16-14-33/h7-12,17-18H,13-16,20-21H2,1-6H3/b23-17+. The molecule has 1 heterocycles. The largest absolute Gasteiger partial charge is 0.493 e. The first kappa shape index (κ1) is 29.7. The molecule has 39 heavy (non-hydrogen) atoms. The van der Waals surface area contributed by atoms with Crippen LogP contribution in [-0.2, 0) is 19.7 Å². The van der Waals surface area contributed by atoms with Crippen molar-refractivity contribution in [3.8, 4) is 23.3 Å². The van der Waals surface area contributed by atoms with E-state index in [-0.39, 0.29) is 34.7 Å². The smallest absolute Gasteiger partial charge is 0.349 e. The lowest BCUT2D eigenvalue weighted by Crippen LogP contribution is -2.41. The van der Waals surface area contributed by atoms with Crippen molar-refractivity contribution in [3.05, 3.63) is 59.2 Å². The van der Waals surface area contributed by atoms with Crippen molar-refractivity contribution in [1.29, 1.82) is 5.26 Å². The summed E-state index contributed by atoms with van der Waals surface area (Å²) in [6.45, 7) is 12.6. The molecule has 8 nitrogen and oxygen atoms in total. The zero-order valence-corrected chi connectivity index (χ0v) is 23.7. The molecular formula is C31H38N2O6. The molecule has 0 N–H and O–H groups in total. The molecule has 0 atom stereocenters. The number of ether oxygens (including phenoxy) is 4. The Bertz CT molecular complexity index is 1230. The van der Waals surface area contributed by atoms with E-state index in [0.717, 1.165) is 6.42 Å². The van der Waals surface area contributed by atoms with Gasteiger partial charge in [0, 0.05) is 13.1 Å². The van der Waals surface area contributed by atoms with Crippen LogP contribution in [0.4, 0.5) is 0 Å². The van der Waals surface area contributed by atoms with E-state index in [1.54, 1.807) is 23.1 Å². The fraction of sp³-hybridized carbons (Fsp3) is 0.452. The van der Waals surface area contributed by atoms with E-state index in [1.165, 1.54) is 18.7 Å². The molecule has 0 bridgehead atoms. The van der Waals surface area contributed by atoms with Crippen LogP contribution in [0, 0.1) is 16.7 Å². The lowest BCUT2D eigenvalue weighted by molar-refractivity contribution is -0.136. The van der Waals surface area contributed by atoms with E-state index in [9.17, 15) is 14.9 Å². The summed E-state index contributed by atoms with van der Waals surface area (Å²) >= 11 is 0. The van der Waals surface area contributed by atoms with Crippen LogP contribution in [0.15, 0.2) is 48.0 Å². The highest BCUT2D eigenvalue weighted by Crippen LogP contribution is 2.36. The number of methoxy groups -OCH3 is 1. The molecule has 0 saturated carbocycles. The molecule has 1 amide bonds. The Labute approximate surface area is 231 Å². The Balaban J connectivity index is 1.61. The van der Waals surface area contributed by atoms with E-state index in [1.807, 2.05) is 30.3 Å². The molecule has 208 valence electrons. The minimum atomic E-state index is -0.589. The van der Waals surface area contributed by atoms with Gasteiger partial charge < -0.3 is 23.8 Å². The van der Waals surface area contributed by atoms with Gasteiger partial charge in [-0.05, 0) is 58.7 Å². The van der Waals surface area contributed by atoms with Crippen LogP contribution in [-0.4, -0.2) is 56.8 Å². The van der Waals surface area contributed by atoms with Crippen LogP contribution >= 0.6 is 0 Å². The Morgan fingerprint density at radius 2 is 1.69 bits per heavy atom. The highest BCUT2D eigenvalue weighted by molar-refractivity contribution is 6.01. The van der Waals surface area contributed by atoms with E-state index < -0.39 is 5.97 Å². The maximum Gasteiger partial charge on any atom is 0.349 e. The van der Waals surface area contributed by atoms with Gasteiger partial charge in [-0.15, -0.1) is 0 Å². The monoisotopic (exact) mass is 534 g/mol. The molecule has 0 radical (unpaired) electrons. The first-order valence-corrected chi connectivity index (χ1v) is 13.0. The molecule has 0 aliphatic carbocycles. The first-order valence-electron chi connectivity index (χ1n) is 13.0. The predicted octanol–water partition coefficient (Wildman–Crippen LogP) is 5.16. The maximum atomic E-state index is 12.7. The number of carbonyl (C=O) groups is 2. The van der Waals surface area contributed by atoms with Crippen molar-refractivity contribution in [2.45, 2.75) is 46.5 Å². The summed E-state index contributed by atoms with van der Waals surface area (Å²) < 4.78 is 21.7. The highest BCUT2D eigenvalue weighted by Gasteiger charge is 2.27. The summed E-state index contributed by atoms with van der Waals surface area (Å²) in [6.07, 6.45) is 2.52. The number of amides is 1. The zero-order chi connectivity index (χ0) is 28.6. The predicted molar refractivity (Wildman–Crippen MR) is 149 cm³/mol. The first-order chi connectivity index (χ1) is 18.4. The number of esters is 1. The molecule has 1 saturated heterocycles. The summed E-state index contributed by atoms with van der Waals surface area (Å²) in [5.74, 6) is 0.134. The summed E-state index contributed by atoms with van der Waals surface area (Å²) in [4.78, 5) is 26.8. The van der Waals surface area contributed by atoms with E-state index in [0.29, 0.717) is 43.4 Å². The van der Waals surface area contributed by atoms with E-state index in [2.05, 4.69) is 34.6 Å². The Morgan fingerprint density at radius 1 is 1.03 bits per heavy atom. The second kappa shape index (κ2) is 12.8. The van der Waals surface area contributed by atoms with Gasteiger partial charge in [-0.25, -0.2) is 4.79 Å². The highest BCUT2D eigenvalue weighted by atomic mass is 16.6. The third-order valence-electron chi connectivity index (χ3n) is 6.34. The number of hydrogen-bond donors (Lipinski definition) is 0. The van der Waals surface area contributed by atoms with Crippen LogP contribution in [0.2, 0.25) is 0 Å². The second-order valence-corrected chi connectivity index (χ2v) is 11.4. The van der Waals surface area contributed by atoms with Crippen molar-refractivity contribution < 1.29 is 28.5 Å². The van der Waals surface area contributed by atoms with Gasteiger partial charge >= 0.3 is 5.97 Å². The fourth-order valence-corrected chi connectivity index (χ4v) is 4.83. The van der Waals surface area contributed by atoms with Gasteiger partial charge in [-0.2, -0.15) is 5.26 Å². The average Bonchev–Trinajstić information content (AvgIpc) is 2.90. The molecule has 1 aliphatic rings. The van der Waals surface area contributed by atoms with Crippen molar-refractivity contribution >= 4 is 18.0 Å². The van der Waals surface area contributed by atoms with Gasteiger partial charge in [-0.3, -0.25) is 4.79 Å². The normalized spacial score (nSPS) is 14.4. The minimum absolute atomic E-state index is 0.00455. The Kier molecular flexibility index (Phi) is 9.76. The molecule has 0 aromatic heterocycles. The summed E-state index contributed by atoms with van der Waals surface area (Å²) in [5, 5.41) is 9.53. The van der Waals surface area contributed by atoms with Crippen LogP contribution < -0.4 is 14.2 Å². The number of hydrogen-bond acceptors (Lipinski definition) is 7. The second-order valence-electron chi connectivity index (χ2n) is 11.4. The maximum absolute atomic E-state index is 12.7. The van der Waals surface area contributed by atoms with Gasteiger partial charge in [0.25, 0.3) is 5.91 Å². The Morgan fingerprint density at radius 3 is 2.28 bits per heavy atom. The molecule has 0 spiro atoms. The summed E-state index contributed by atoms with van der Waals surface area (Å²) in [6, 6.07) is 14.6. The molecule has 8 heteroatoms. The summed E-state index contributed by atoms with van der Waals surface area (Å²) in [7, 11) is 1.45. The number of morpholine rings is 1. The third-order valence-corrected chi connectivity index (χ3v) is 6.34. The van der Waals surface area contributed by atoms with Crippen LogP contribution in [0.1, 0.15) is 52.2 Å². The number of nitriles is 1.